The van der Waals surface area contributed by atoms with Crippen LogP contribution in [0.3, 0.4) is 0 Å². The van der Waals surface area contributed by atoms with Gasteiger partial charge in [0.05, 0.1) is 6.61 Å². The van der Waals surface area contributed by atoms with E-state index >= 15 is 0 Å². The van der Waals surface area contributed by atoms with Gasteiger partial charge in [0.15, 0.2) is 5.79 Å². The lowest BCUT2D eigenvalue weighted by Gasteiger charge is -2.42. The molecule has 1 aromatic rings. The zero-order valence-corrected chi connectivity index (χ0v) is 13.6. The number of fused-ring (bicyclic) bond motifs is 1. The molecule has 2 fully saturated rings. The van der Waals surface area contributed by atoms with Crippen molar-refractivity contribution in [3.8, 4) is 0 Å². The van der Waals surface area contributed by atoms with Crippen LogP contribution in [-0.4, -0.2) is 59.7 Å². The van der Waals surface area contributed by atoms with Crippen LogP contribution in [0.5, 0.6) is 0 Å². The summed E-state index contributed by atoms with van der Waals surface area (Å²) in [5.74, 6) is -0.840. The Labute approximate surface area is 135 Å². The molecule has 0 radical (unpaired) electrons. The molecular weight excluding hydrogens is 300 g/mol. The third-order valence-corrected chi connectivity index (χ3v) is 4.39. The van der Waals surface area contributed by atoms with E-state index in [0.29, 0.717) is 6.61 Å². The van der Waals surface area contributed by atoms with E-state index in [0.717, 1.165) is 5.56 Å². The molecule has 1 saturated heterocycles. The van der Waals surface area contributed by atoms with Crippen LogP contribution in [0.15, 0.2) is 30.3 Å². The smallest absolute Gasteiger partial charge is 0.164 e. The van der Waals surface area contributed by atoms with Gasteiger partial charge in [0.25, 0.3) is 0 Å². The molecule has 0 unspecified atom stereocenters. The predicted molar refractivity (Wildman–Crippen MR) is 81.7 cm³/mol. The molecule has 0 amide bonds. The lowest BCUT2D eigenvalue weighted by Crippen LogP contribution is -2.63. The molecule has 1 aromatic carbocycles. The van der Waals surface area contributed by atoms with Gasteiger partial charge in [-0.25, -0.2) is 0 Å². The van der Waals surface area contributed by atoms with Crippen LogP contribution in [0, 0.1) is 0 Å². The zero-order chi connectivity index (χ0) is 16.6. The van der Waals surface area contributed by atoms with Crippen molar-refractivity contribution in [2.24, 2.45) is 0 Å². The summed E-state index contributed by atoms with van der Waals surface area (Å²) in [6, 6.07) is 9.74. The first kappa shape index (κ1) is 16.8. The van der Waals surface area contributed by atoms with E-state index in [4.69, 9.17) is 18.9 Å². The highest BCUT2D eigenvalue weighted by atomic mass is 16.8. The minimum atomic E-state index is -1.10. The van der Waals surface area contributed by atoms with Crippen molar-refractivity contribution >= 4 is 0 Å². The van der Waals surface area contributed by atoms with Crippen LogP contribution in [0.1, 0.15) is 19.4 Å². The summed E-state index contributed by atoms with van der Waals surface area (Å²) in [6.07, 6.45) is -4.55. The fourth-order valence-corrected chi connectivity index (χ4v) is 3.34. The van der Waals surface area contributed by atoms with Gasteiger partial charge in [0, 0.05) is 7.11 Å². The van der Waals surface area contributed by atoms with E-state index in [9.17, 15) is 10.2 Å². The minimum absolute atomic E-state index is 0.362. The van der Waals surface area contributed by atoms with Crippen molar-refractivity contribution in [2.45, 2.75) is 62.9 Å². The Hall–Kier alpha value is -1.02. The molecule has 1 saturated carbocycles. The van der Waals surface area contributed by atoms with E-state index in [1.165, 1.54) is 7.11 Å². The summed E-state index contributed by atoms with van der Waals surface area (Å²) >= 11 is 0. The SMILES string of the molecule is CO[C@H]1[C@H](O)[C@@H](O)[C@@H]2OC(C)(C)O[C@@H]2[C@H]1OCc1ccccc1. The number of benzene rings is 1. The van der Waals surface area contributed by atoms with Gasteiger partial charge in [-0.15, -0.1) is 0 Å². The van der Waals surface area contributed by atoms with Crippen LogP contribution in [0.4, 0.5) is 0 Å². The van der Waals surface area contributed by atoms with Gasteiger partial charge in [0.2, 0.25) is 0 Å². The van der Waals surface area contributed by atoms with Crippen molar-refractivity contribution in [3.63, 3.8) is 0 Å². The number of rotatable bonds is 4. The van der Waals surface area contributed by atoms with Gasteiger partial charge >= 0.3 is 0 Å². The maximum Gasteiger partial charge on any atom is 0.164 e. The second-order valence-corrected chi connectivity index (χ2v) is 6.51. The number of hydrogen-bond acceptors (Lipinski definition) is 6. The Balaban J connectivity index is 1.79. The monoisotopic (exact) mass is 324 g/mol. The van der Waals surface area contributed by atoms with Crippen molar-refractivity contribution in [3.05, 3.63) is 35.9 Å². The van der Waals surface area contributed by atoms with Crippen molar-refractivity contribution in [2.75, 3.05) is 7.11 Å². The molecule has 3 rings (SSSR count). The molecule has 2 aliphatic rings. The number of aliphatic hydroxyl groups is 2. The third-order valence-electron chi connectivity index (χ3n) is 4.39. The molecule has 0 aromatic heterocycles. The molecule has 0 spiro atoms. The van der Waals surface area contributed by atoms with Gasteiger partial charge in [-0.2, -0.15) is 0 Å². The normalized spacial score (nSPS) is 39.2. The Kier molecular flexibility index (Phi) is 4.73. The number of hydrogen-bond donors (Lipinski definition) is 2. The van der Waals surface area contributed by atoms with Gasteiger partial charge in [-0.1, -0.05) is 30.3 Å². The molecular formula is C17H24O6. The molecule has 6 heteroatoms. The lowest BCUT2D eigenvalue weighted by molar-refractivity contribution is -0.217. The van der Waals surface area contributed by atoms with E-state index in [1.54, 1.807) is 13.8 Å². The molecule has 128 valence electrons. The molecule has 23 heavy (non-hydrogen) atoms. The van der Waals surface area contributed by atoms with E-state index in [-0.39, 0.29) is 0 Å². The largest absolute Gasteiger partial charge is 0.387 e. The summed E-state index contributed by atoms with van der Waals surface area (Å²) in [5, 5.41) is 20.6. The highest BCUT2D eigenvalue weighted by Gasteiger charge is 2.58. The van der Waals surface area contributed by atoms with Crippen molar-refractivity contribution < 1.29 is 29.2 Å². The summed E-state index contributed by atoms with van der Waals surface area (Å²) in [6.45, 7) is 3.92. The molecule has 0 bridgehead atoms. The molecule has 1 aliphatic heterocycles. The summed E-state index contributed by atoms with van der Waals surface area (Å²) < 4.78 is 23.0. The first-order valence-corrected chi connectivity index (χ1v) is 7.83. The Morgan fingerprint density at radius 2 is 1.65 bits per heavy atom. The number of methoxy groups -OCH3 is 1. The molecule has 6 nitrogen and oxygen atoms in total. The second-order valence-electron chi connectivity index (χ2n) is 6.51. The zero-order valence-electron chi connectivity index (χ0n) is 13.6. The Morgan fingerprint density at radius 1 is 1.00 bits per heavy atom. The fraction of sp³-hybridized carbons (Fsp3) is 0.647. The molecule has 6 atom stereocenters. The lowest BCUT2D eigenvalue weighted by atomic mass is 9.84. The highest BCUT2D eigenvalue weighted by Crippen LogP contribution is 2.39. The van der Waals surface area contributed by atoms with Gasteiger partial charge < -0.3 is 29.2 Å². The van der Waals surface area contributed by atoms with Crippen LogP contribution in [0.2, 0.25) is 0 Å². The van der Waals surface area contributed by atoms with E-state index < -0.39 is 42.4 Å². The Bertz CT molecular complexity index is 519. The minimum Gasteiger partial charge on any atom is -0.387 e. The highest BCUT2D eigenvalue weighted by molar-refractivity contribution is 5.14. The summed E-state index contributed by atoms with van der Waals surface area (Å²) in [5.41, 5.74) is 1.01. The molecule has 1 heterocycles. The maximum absolute atomic E-state index is 10.3. The second kappa shape index (κ2) is 6.47. The predicted octanol–water partition coefficient (Wildman–Crippen LogP) is 0.842. The van der Waals surface area contributed by atoms with Crippen LogP contribution in [0.25, 0.3) is 0 Å². The first-order valence-electron chi connectivity index (χ1n) is 7.83. The van der Waals surface area contributed by atoms with E-state index in [2.05, 4.69) is 0 Å². The quantitative estimate of drug-likeness (QED) is 0.855. The van der Waals surface area contributed by atoms with Crippen molar-refractivity contribution in [1.29, 1.82) is 0 Å². The average molecular weight is 324 g/mol. The van der Waals surface area contributed by atoms with Crippen LogP contribution in [-0.2, 0) is 25.6 Å². The van der Waals surface area contributed by atoms with Crippen LogP contribution < -0.4 is 0 Å². The summed E-state index contributed by atoms with van der Waals surface area (Å²) in [7, 11) is 1.49. The fourth-order valence-electron chi connectivity index (χ4n) is 3.34. The van der Waals surface area contributed by atoms with Gasteiger partial charge in [0.1, 0.15) is 36.6 Å². The molecule has 1 aliphatic carbocycles. The summed E-state index contributed by atoms with van der Waals surface area (Å²) in [4.78, 5) is 0. The number of ether oxygens (including phenoxy) is 4. The van der Waals surface area contributed by atoms with Gasteiger partial charge in [-0.3, -0.25) is 0 Å². The average Bonchev–Trinajstić information content (AvgIpc) is 2.86. The number of aliphatic hydroxyl groups excluding tert-OH is 2. The Morgan fingerprint density at radius 3 is 2.30 bits per heavy atom. The maximum atomic E-state index is 10.3. The third kappa shape index (κ3) is 3.28. The standard InChI is InChI=1S/C17H24O6/c1-17(2)22-14-12(19)11(18)13(20-3)15(16(14)23-17)21-9-10-7-5-4-6-8-10/h4-8,11-16,18-19H,9H2,1-3H3/t11-,12-,13+,14+,15+,16+/m1/s1. The first-order chi connectivity index (χ1) is 10.9. The van der Waals surface area contributed by atoms with Crippen molar-refractivity contribution in [1.82, 2.24) is 0 Å². The van der Waals surface area contributed by atoms with Gasteiger partial charge in [-0.05, 0) is 19.4 Å². The van der Waals surface area contributed by atoms with Crippen LogP contribution >= 0.6 is 0 Å². The molecule has 2 N–H and O–H groups in total. The van der Waals surface area contributed by atoms with E-state index in [1.807, 2.05) is 30.3 Å². The topological polar surface area (TPSA) is 77.4 Å².